The van der Waals surface area contributed by atoms with E-state index in [9.17, 15) is 43.5 Å². The molecule has 5 aliphatic heterocycles. The Hall–Kier alpha value is -7.96. The molecule has 12 atom stereocenters. The van der Waals surface area contributed by atoms with Crippen LogP contribution < -0.4 is 66.3 Å². The second-order valence-corrected chi connectivity index (χ2v) is 25.4. The molecule has 0 bridgehead atoms. The summed E-state index contributed by atoms with van der Waals surface area (Å²) in [5.41, 5.74) is 35.6. The fourth-order valence-electron chi connectivity index (χ4n) is 13.4. The molecule has 1 aromatic heterocycles. The van der Waals surface area contributed by atoms with Gasteiger partial charge in [-0.05, 0) is 112 Å². The van der Waals surface area contributed by atoms with E-state index >= 15 is 9.59 Å². The number of nitrogens with two attached hydrogens (primary N) is 6. The summed E-state index contributed by atoms with van der Waals surface area (Å²) >= 11 is 1.32. The molecule has 8 rings (SSSR count). The number of nitrogens with zero attached hydrogens (tertiary/aromatic N) is 6. The topological polar surface area (TPSA) is 457 Å². The standard InChI is InChI=1S/C60H90N18O11S/c61-21-6-5-15-39(62)50(81)73-41(17-8-23-69-60(65)66)55(86)75-25-9-19-45(75)57(88)77-33-37(79)29-46(77)53(84)70-31-49(80)71-43(30-38-14-10-26-90-38)52(83)74-42-20-24-67-51(82)40(16-7-22-68-59(63)64)72-54(85)47-28-35-12-3-4-18-44(35)78(47)58(89)48-27-34-11-1-2-13-36(34)32-76(48)56(42)87/h1-2,10-11,13-14,26,35,37,39-48,79H,3-9,12,15-25,27-33,61-62H2,(H,67,82)(H,70,84)(H,71,80)(H,72,85)(H,73,81)(H,74,83)(H4,63,64,68)(H4,65,66,69)/t35?,37-,39+,40+,41+,42+,43+,44?,45+,46+,47+,48-/m1/s1. The number of benzene rings is 1. The number of nitrogens with one attached hydrogen (secondary N) is 6. The number of β-amino-alcohol motifs (C(OH)–C–C–N with tert-alkyl or cyclic N) is 1. The van der Waals surface area contributed by atoms with Crippen molar-refractivity contribution in [2.75, 3.05) is 45.8 Å². The molecule has 10 amide bonds. The van der Waals surface area contributed by atoms with Crippen molar-refractivity contribution >= 4 is 82.3 Å². The molecule has 2 unspecified atom stereocenters. The van der Waals surface area contributed by atoms with E-state index in [2.05, 4.69) is 41.9 Å². The van der Waals surface area contributed by atoms with E-state index in [1.165, 1.54) is 26.0 Å². The number of carbonyl (C=O) groups is 10. The highest BCUT2D eigenvalue weighted by molar-refractivity contribution is 7.09. The molecule has 1 aliphatic carbocycles. The smallest absolute Gasteiger partial charge is 0.246 e. The first kappa shape index (κ1) is 68.0. The highest BCUT2D eigenvalue weighted by Gasteiger charge is 2.52. The number of aliphatic imine (C=N–C) groups is 2. The molecule has 30 heteroatoms. The highest BCUT2D eigenvalue weighted by Crippen LogP contribution is 2.41. The van der Waals surface area contributed by atoms with Crippen LogP contribution in [0.2, 0.25) is 0 Å². The number of hydrogen-bond donors (Lipinski definition) is 13. The average Bonchev–Trinajstić information content (AvgIpc) is 1.48. The van der Waals surface area contributed by atoms with Gasteiger partial charge in [-0.2, -0.15) is 0 Å². The van der Waals surface area contributed by atoms with Gasteiger partial charge < -0.3 is 91.0 Å². The summed E-state index contributed by atoms with van der Waals surface area (Å²) in [4.78, 5) is 159. The van der Waals surface area contributed by atoms with Crippen molar-refractivity contribution in [2.45, 2.75) is 189 Å². The van der Waals surface area contributed by atoms with Crippen LogP contribution >= 0.6 is 11.3 Å². The normalized spacial score (nSPS) is 25.3. The molecule has 5 fully saturated rings. The SMILES string of the molecule is NCCCC[C@H](N)C(=O)N[C@@H](CCCN=C(N)N)C(=O)N1CCC[C@H]1C(=O)N1C[C@H](O)C[C@H]1C(=O)NCC(=O)N[C@@H](Cc1cccs1)C(=O)N[C@H]1CCNC(=O)[C@H](CCCN=C(N)N)NC(=O)[C@@H]2CC3CCCCC3N2C(=O)[C@H]2Cc3ccccc3CN2C1=O. The van der Waals surface area contributed by atoms with E-state index in [-0.39, 0.29) is 108 Å². The number of likely N-dealkylation sites (tertiary alicyclic amines) is 2. The first-order valence-electron chi connectivity index (χ1n) is 31.6. The van der Waals surface area contributed by atoms with Gasteiger partial charge in [-0.1, -0.05) is 49.6 Å². The van der Waals surface area contributed by atoms with Gasteiger partial charge in [0.05, 0.1) is 18.7 Å². The van der Waals surface area contributed by atoms with Crippen LogP contribution in [-0.2, 0) is 67.3 Å². The predicted molar refractivity (Wildman–Crippen MR) is 333 cm³/mol. The molecule has 492 valence electrons. The van der Waals surface area contributed by atoms with Gasteiger partial charge in [-0.25, -0.2) is 0 Å². The van der Waals surface area contributed by atoms with E-state index in [0.29, 0.717) is 62.8 Å². The first-order chi connectivity index (χ1) is 43.2. The summed E-state index contributed by atoms with van der Waals surface area (Å²) in [5, 5.41) is 29.5. The van der Waals surface area contributed by atoms with Gasteiger partial charge in [0.25, 0.3) is 0 Å². The van der Waals surface area contributed by atoms with Crippen LogP contribution in [0.4, 0.5) is 0 Å². The molecular formula is C60H90N18O11S. The Morgan fingerprint density at radius 2 is 1.50 bits per heavy atom. The van der Waals surface area contributed by atoms with E-state index in [0.717, 1.165) is 30.4 Å². The zero-order chi connectivity index (χ0) is 64.6. The molecule has 90 heavy (non-hydrogen) atoms. The summed E-state index contributed by atoms with van der Waals surface area (Å²) in [5.74, 6) is -6.40. The van der Waals surface area contributed by atoms with Crippen LogP contribution in [0.15, 0.2) is 51.8 Å². The minimum Gasteiger partial charge on any atom is -0.391 e. The molecule has 6 heterocycles. The number of carbonyl (C=O) groups excluding carboxylic acids is 10. The number of aliphatic hydroxyl groups is 1. The molecule has 19 N–H and O–H groups in total. The Labute approximate surface area is 527 Å². The van der Waals surface area contributed by atoms with E-state index in [4.69, 9.17) is 34.4 Å². The Balaban J connectivity index is 0.981. The number of unbranched alkanes of at least 4 members (excludes halogenated alkanes) is 1. The Kier molecular flexibility index (Phi) is 24.3. The maximum Gasteiger partial charge on any atom is 0.246 e. The van der Waals surface area contributed by atoms with Crippen LogP contribution in [-0.4, -0.2) is 208 Å². The lowest BCUT2D eigenvalue weighted by Crippen LogP contribution is -2.63. The van der Waals surface area contributed by atoms with Crippen molar-refractivity contribution in [2.24, 2.45) is 50.3 Å². The fourth-order valence-corrected chi connectivity index (χ4v) is 14.2. The largest absolute Gasteiger partial charge is 0.391 e. The van der Waals surface area contributed by atoms with Crippen molar-refractivity contribution in [3.05, 3.63) is 57.8 Å². The molecule has 4 saturated heterocycles. The number of thiophene rings is 1. The van der Waals surface area contributed by atoms with E-state index in [1.807, 2.05) is 24.3 Å². The van der Waals surface area contributed by atoms with Crippen LogP contribution in [0.25, 0.3) is 0 Å². The van der Waals surface area contributed by atoms with Gasteiger partial charge in [0.2, 0.25) is 59.1 Å². The molecular weight excluding hydrogens is 1180 g/mol. The summed E-state index contributed by atoms with van der Waals surface area (Å²) in [6, 6.07) is 0.604. The maximum absolute atomic E-state index is 15.5. The third kappa shape index (κ3) is 17.5. The summed E-state index contributed by atoms with van der Waals surface area (Å²) in [7, 11) is 0. The zero-order valence-corrected chi connectivity index (χ0v) is 51.8. The monoisotopic (exact) mass is 1270 g/mol. The van der Waals surface area contributed by atoms with Crippen LogP contribution in [0.1, 0.15) is 119 Å². The number of rotatable bonds is 24. The molecule has 0 spiro atoms. The van der Waals surface area contributed by atoms with E-state index in [1.54, 1.807) is 22.4 Å². The Morgan fingerprint density at radius 1 is 0.756 bits per heavy atom. The number of guanidine groups is 2. The van der Waals surface area contributed by atoms with Gasteiger partial charge >= 0.3 is 0 Å². The van der Waals surface area contributed by atoms with Crippen molar-refractivity contribution in [3.63, 3.8) is 0 Å². The van der Waals surface area contributed by atoms with Crippen molar-refractivity contribution < 1.29 is 53.1 Å². The van der Waals surface area contributed by atoms with Gasteiger partial charge in [0.15, 0.2) is 11.9 Å². The molecule has 1 saturated carbocycles. The van der Waals surface area contributed by atoms with Crippen LogP contribution in [0.3, 0.4) is 0 Å². The summed E-state index contributed by atoms with van der Waals surface area (Å²) in [6.45, 7) is -0.165. The van der Waals surface area contributed by atoms with Crippen molar-refractivity contribution in [1.29, 1.82) is 0 Å². The van der Waals surface area contributed by atoms with Gasteiger partial charge in [0, 0.05) is 69.4 Å². The lowest BCUT2D eigenvalue weighted by atomic mass is 9.84. The van der Waals surface area contributed by atoms with Crippen LogP contribution in [0.5, 0.6) is 0 Å². The lowest BCUT2D eigenvalue weighted by Gasteiger charge is -2.43. The number of hydrogen-bond acceptors (Lipinski definition) is 16. The average molecular weight is 1270 g/mol. The van der Waals surface area contributed by atoms with Crippen molar-refractivity contribution in [1.82, 2.24) is 51.5 Å². The second kappa shape index (κ2) is 32.2. The third-order valence-corrected chi connectivity index (χ3v) is 18.9. The van der Waals surface area contributed by atoms with Gasteiger partial charge in [-0.3, -0.25) is 57.9 Å². The van der Waals surface area contributed by atoms with Crippen molar-refractivity contribution in [3.8, 4) is 0 Å². The molecule has 1 aromatic carbocycles. The summed E-state index contributed by atoms with van der Waals surface area (Å²) < 4.78 is 0. The van der Waals surface area contributed by atoms with Gasteiger partial charge in [-0.15, -0.1) is 11.3 Å². The molecule has 29 nitrogen and oxygen atoms in total. The zero-order valence-electron chi connectivity index (χ0n) is 50.9. The highest BCUT2D eigenvalue weighted by atomic mass is 32.1. The Bertz CT molecular complexity index is 2960. The minimum atomic E-state index is -1.37. The number of amides is 10. The quantitative estimate of drug-likeness (QED) is 0.0275. The Morgan fingerprint density at radius 3 is 2.23 bits per heavy atom. The fraction of sp³-hybridized carbons (Fsp3) is 0.633. The van der Waals surface area contributed by atoms with Gasteiger partial charge in [0.1, 0.15) is 48.3 Å². The maximum atomic E-state index is 15.5. The molecule has 2 aromatic rings. The third-order valence-electron chi connectivity index (χ3n) is 18.0. The number of aliphatic hydroxyl groups excluding tert-OH is 1. The first-order valence-corrected chi connectivity index (χ1v) is 32.4. The predicted octanol–water partition coefficient (Wildman–Crippen LogP) is -3.50. The molecule has 6 aliphatic rings. The lowest BCUT2D eigenvalue weighted by molar-refractivity contribution is -0.153. The minimum absolute atomic E-state index is 0.00295. The second-order valence-electron chi connectivity index (χ2n) is 24.3. The number of fused-ring (bicyclic) bond motifs is 5. The van der Waals surface area contributed by atoms with Crippen LogP contribution in [0, 0.1) is 5.92 Å². The van der Waals surface area contributed by atoms with E-state index < -0.39 is 126 Å². The summed E-state index contributed by atoms with van der Waals surface area (Å²) in [6.07, 6.45) is 5.33. The molecule has 0 radical (unpaired) electrons.